The van der Waals surface area contributed by atoms with Crippen molar-refractivity contribution in [3.05, 3.63) is 29.6 Å². The Balaban J connectivity index is 2.80. The minimum absolute atomic E-state index is 0.0119. The molecular weight excluding hydrogens is 267 g/mol. The number of hydrazine groups is 1. The molecule has 1 unspecified atom stereocenters. The molecule has 1 aromatic rings. The molecule has 0 saturated heterocycles. The minimum atomic E-state index is -4.33. The number of alkyl halides is 3. The summed E-state index contributed by atoms with van der Waals surface area (Å²) in [5.74, 6) is 5.82. The molecule has 0 saturated carbocycles. The van der Waals surface area contributed by atoms with Crippen molar-refractivity contribution in [2.45, 2.75) is 51.7 Å². The number of hydrogen-bond donors (Lipinski definition) is 1. The average molecular weight is 289 g/mol. The SMILES string of the molecule is CCC(CCN(N)C(C)C)c1cc(C(F)(F)F)ccn1. The molecule has 114 valence electrons. The van der Waals surface area contributed by atoms with Crippen molar-refractivity contribution >= 4 is 0 Å². The first-order valence-corrected chi connectivity index (χ1v) is 6.80. The second kappa shape index (κ2) is 7.04. The van der Waals surface area contributed by atoms with Crippen LogP contribution in [0.4, 0.5) is 13.2 Å². The van der Waals surface area contributed by atoms with E-state index in [9.17, 15) is 13.2 Å². The lowest BCUT2D eigenvalue weighted by Crippen LogP contribution is -2.38. The van der Waals surface area contributed by atoms with Gasteiger partial charge in [0.15, 0.2) is 0 Å². The van der Waals surface area contributed by atoms with E-state index in [4.69, 9.17) is 5.84 Å². The van der Waals surface area contributed by atoms with Gasteiger partial charge in [0.1, 0.15) is 0 Å². The molecular formula is C14H22F3N3. The lowest BCUT2D eigenvalue weighted by Gasteiger charge is -2.23. The fourth-order valence-corrected chi connectivity index (χ4v) is 1.97. The van der Waals surface area contributed by atoms with Crippen LogP contribution in [0.25, 0.3) is 0 Å². The Morgan fingerprint density at radius 2 is 2.00 bits per heavy atom. The van der Waals surface area contributed by atoms with Crippen LogP contribution in [-0.2, 0) is 6.18 Å². The van der Waals surface area contributed by atoms with Gasteiger partial charge in [0.2, 0.25) is 0 Å². The number of nitrogens with zero attached hydrogens (tertiary/aromatic N) is 2. The van der Waals surface area contributed by atoms with Crippen LogP contribution in [0.1, 0.15) is 50.8 Å². The molecule has 0 fully saturated rings. The molecule has 0 aliphatic carbocycles. The highest BCUT2D eigenvalue weighted by Crippen LogP contribution is 2.31. The first-order valence-electron chi connectivity index (χ1n) is 6.80. The van der Waals surface area contributed by atoms with Crippen LogP contribution in [0.3, 0.4) is 0 Å². The van der Waals surface area contributed by atoms with Gasteiger partial charge >= 0.3 is 6.18 Å². The predicted molar refractivity (Wildman–Crippen MR) is 72.9 cm³/mol. The molecule has 0 aliphatic heterocycles. The summed E-state index contributed by atoms with van der Waals surface area (Å²) in [7, 11) is 0. The number of hydrogen-bond acceptors (Lipinski definition) is 3. The molecule has 3 nitrogen and oxygen atoms in total. The van der Waals surface area contributed by atoms with Gasteiger partial charge in [-0.05, 0) is 38.8 Å². The van der Waals surface area contributed by atoms with Gasteiger partial charge in [0.05, 0.1) is 5.56 Å². The summed E-state index contributed by atoms with van der Waals surface area (Å²) >= 11 is 0. The van der Waals surface area contributed by atoms with Gasteiger partial charge in [0.25, 0.3) is 0 Å². The number of pyridine rings is 1. The molecule has 0 aromatic carbocycles. The van der Waals surface area contributed by atoms with Crippen LogP contribution >= 0.6 is 0 Å². The van der Waals surface area contributed by atoms with Crippen LogP contribution in [0, 0.1) is 0 Å². The number of halogens is 3. The van der Waals surface area contributed by atoms with E-state index < -0.39 is 11.7 Å². The Labute approximate surface area is 118 Å². The minimum Gasteiger partial charge on any atom is -0.269 e. The van der Waals surface area contributed by atoms with Crippen LogP contribution < -0.4 is 5.84 Å². The lowest BCUT2D eigenvalue weighted by molar-refractivity contribution is -0.137. The largest absolute Gasteiger partial charge is 0.416 e. The van der Waals surface area contributed by atoms with Crippen molar-refractivity contribution in [3.63, 3.8) is 0 Å². The van der Waals surface area contributed by atoms with E-state index >= 15 is 0 Å². The highest BCUT2D eigenvalue weighted by Gasteiger charge is 2.31. The van der Waals surface area contributed by atoms with Crippen molar-refractivity contribution in [2.24, 2.45) is 5.84 Å². The summed E-state index contributed by atoms with van der Waals surface area (Å²) < 4.78 is 38.1. The maximum atomic E-state index is 12.7. The van der Waals surface area contributed by atoms with Crippen molar-refractivity contribution < 1.29 is 13.2 Å². The molecule has 1 heterocycles. The Kier molecular flexibility index (Phi) is 5.95. The van der Waals surface area contributed by atoms with E-state index in [1.807, 2.05) is 20.8 Å². The summed E-state index contributed by atoms with van der Waals surface area (Å²) in [6.07, 6.45) is -1.67. The fraction of sp³-hybridized carbons (Fsp3) is 0.643. The third-order valence-electron chi connectivity index (χ3n) is 3.42. The maximum absolute atomic E-state index is 12.7. The number of aromatic nitrogens is 1. The van der Waals surface area contributed by atoms with Gasteiger partial charge in [-0.1, -0.05) is 6.92 Å². The molecule has 1 aromatic heterocycles. The maximum Gasteiger partial charge on any atom is 0.416 e. The van der Waals surface area contributed by atoms with E-state index in [0.717, 1.165) is 18.6 Å². The van der Waals surface area contributed by atoms with Crippen molar-refractivity contribution in [3.8, 4) is 0 Å². The van der Waals surface area contributed by atoms with Gasteiger partial charge in [-0.15, -0.1) is 0 Å². The number of nitrogens with two attached hydrogens (primary N) is 1. The van der Waals surface area contributed by atoms with E-state index in [0.29, 0.717) is 18.7 Å². The van der Waals surface area contributed by atoms with Crippen LogP contribution in [0.2, 0.25) is 0 Å². The smallest absolute Gasteiger partial charge is 0.269 e. The summed E-state index contributed by atoms with van der Waals surface area (Å²) in [4.78, 5) is 4.09. The average Bonchev–Trinajstić information content (AvgIpc) is 2.38. The Hall–Kier alpha value is -1.14. The second-order valence-electron chi connectivity index (χ2n) is 5.19. The van der Waals surface area contributed by atoms with E-state index in [2.05, 4.69) is 4.98 Å². The van der Waals surface area contributed by atoms with Crippen molar-refractivity contribution in [1.29, 1.82) is 0 Å². The normalized spacial score (nSPS) is 14.1. The molecule has 1 atom stereocenters. The van der Waals surface area contributed by atoms with Crippen molar-refractivity contribution in [1.82, 2.24) is 9.99 Å². The second-order valence-corrected chi connectivity index (χ2v) is 5.19. The summed E-state index contributed by atoms with van der Waals surface area (Å²) in [6, 6.07) is 2.35. The van der Waals surface area contributed by atoms with E-state index in [1.54, 1.807) is 5.01 Å². The molecule has 0 aliphatic rings. The van der Waals surface area contributed by atoms with E-state index in [-0.39, 0.29) is 12.0 Å². The molecule has 0 spiro atoms. The Morgan fingerprint density at radius 1 is 1.35 bits per heavy atom. The van der Waals surface area contributed by atoms with Gasteiger partial charge < -0.3 is 0 Å². The highest BCUT2D eigenvalue weighted by molar-refractivity contribution is 5.21. The van der Waals surface area contributed by atoms with Gasteiger partial charge in [-0.2, -0.15) is 13.2 Å². The van der Waals surface area contributed by atoms with Gasteiger partial charge in [-0.3, -0.25) is 10.8 Å². The van der Waals surface area contributed by atoms with Crippen molar-refractivity contribution in [2.75, 3.05) is 6.54 Å². The molecule has 0 radical (unpaired) electrons. The summed E-state index contributed by atoms with van der Waals surface area (Å²) in [5.41, 5.74) is -0.158. The molecule has 0 bridgehead atoms. The molecule has 6 heteroatoms. The third kappa shape index (κ3) is 4.76. The Bertz CT molecular complexity index is 418. The van der Waals surface area contributed by atoms with Crippen LogP contribution in [0.15, 0.2) is 18.3 Å². The molecule has 2 N–H and O–H groups in total. The quantitative estimate of drug-likeness (QED) is 0.643. The van der Waals surface area contributed by atoms with Gasteiger partial charge in [-0.25, -0.2) is 5.01 Å². The first-order chi connectivity index (χ1) is 9.25. The molecule has 1 rings (SSSR count). The summed E-state index contributed by atoms with van der Waals surface area (Å²) in [6.45, 7) is 6.53. The number of rotatable bonds is 6. The standard InChI is InChI=1S/C14H22F3N3/c1-4-11(6-8-20(18)10(2)3)13-9-12(5-7-19-13)14(15,16)17/h5,7,9-11H,4,6,8,18H2,1-3H3. The van der Waals surface area contributed by atoms with Crippen LogP contribution in [0.5, 0.6) is 0 Å². The Morgan fingerprint density at radius 3 is 2.50 bits per heavy atom. The monoisotopic (exact) mass is 289 g/mol. The lowest BCUT2D eigenvalue weighted by atomic mass is 9.96. The topological polar surface area (TPSA) is 42.1 Å². The van der Waals surface area contributed by atoms with Gasteiger partial charge in [0, 0.05) is 30.4 Å². The molecule has 0 amide bonds. The van der Waals surface area contributed by atoms with Crippen LogP contribution in [-0.4, -0.2) is 22.6 Å². The fourth-order valence-electron chi connectivity index (χ4n) is 1.97. The zero-order valence-electron chi connectivity index (χ0n) is 12.1. The third-order valence-corrected chi connectivity index (χ3v) is 3.42. The highest BCUT2D eigenvalue weighted by atomic mass is 19.4. The molecule has 20 heavy (non-hydrogen) atoms. The zero-order valence-corrected chi connectivity index (χ0v) is 12.1. The first kappa shape index (κ1) is 16.9. The summed E-state index contributed by atoms with van der Waals surface area (Å²) in [5, 5.41) is 1.69. The zero-order chi connectivity index (χ0) is 15.3. The predicted octanol–water partition coefficient (Wildman–Crippen LogP) is 3.57. The van der Waals surface area contributed by atoms with E-state index in [1.165, 1.54) is 6.20 Å².